The highest BCUT2D eigenvalue weighted by molar-refractivity contribution is 5.54. The molecule has 0 fully saturated rings. The van der Waals surface area contributed by atoms with Crippen molar-refractivity contribution in [2.75, 3.05) is 41.3 Å². The lowest BCUT2D eigenvalue weighted by Gasteiger charge is -2.25. The van der Waals surface area contributed by atoms with E-state index in [4.69, 9.17) is 28.4 Å². The van der Waals surface area contributed by atoms with E-state index in [1.165, 1.54) is 5.56 Å². The van der Waals surface area contributed by atoms with Crippen molar-refractivity contribution < 1.29 is 28.4 Å². The average Bonchev–Trinajstić information content (AvgIpc) is 3.36. The smallest absolute Gasteiger partial charge is 0.231 e. The Labute approximate surface area is 207 Å². The second-order valence-electron chi connectivity index (χ2n) is 8.22. The number of hydrogen-bond acceptors (Lipinski definition) is 7. The minimum Gasteiger partial charge on any atom is -0.494 e. The summed E-state index contributed by atoms with van der Waals surface area (Å²) in [5.74, 6) is 4.40. The maximum Gasteiger partial charge on any atom is 0.231 e. The third-order valence-electron chi connectivity index (χ3n) is 5.95. The van der Waals surface area contributed by atoms with E-state index in [9.17, 15) is 0 Å². The molecule has 0 saturated carbocycles. The first-order valence-corrected chi connectivity index (χ1v) is 11.8. The second kappa shape index (κ2) is 11.7. The molecule has 7 nitrogen and oxygen atoms in total. The number of nitrogens with zero attached hydrogens (tertiary/aromatic N) is 1. The van der Waals surface area contributed by atoms with Gasteiger partial charge in [-0.2, -0.15) is 0 Å². The van der Waals surface area contributed by atoms with Crippen LogP contribution in [-0.2, 0) is 19.5 Å². The Balaban J connectivity index is 1.58. The Morgan fingerprint density at radius 3 is 2.23 bits per heavy atom. The van der Waals surface area contributed by atoms with E-state index in [1.54, 1.807) is 21.3 Å². The second-order valence-corrected chi connectivity index (χ2v) is 8.22. The number of methoxy groups -OCH3 is 3. The Morgan fingerprint density at radius 2 is 1.51 bits per heavy atom. The van der Waals surface area contributed by atoms with Crippen LogP contribution in [0.3, 0.4) is 0 Å². The molecule has 1 aliphatic heterocycles. The lowest BCUT2D eigenvalue weighted by Crippen LogP contribution is -2.26. The van der Waals surface area contributed by atoms with Gasteiger partial charge in [-0.3, -0.25) is 4.90 Å². The Kier molecular flexibility index (Phi) is 8.21. The molecule has 1 heterocycles. The summed E-state index contributed by atoms with van der Waals surface area (Å²) >= 11 is 0. The van der Waals surface area contributed by atoms with Crippen LogP contribution in [0.25, 0.3) is 0 Å². The molecule has 35 heavy (non-hydrogen) atoms. The normalized spacial score (nSPS) is 12.0. The third-order valence-corrected chi connectivity index (χ3v) is 5.95. The van der Waals surface area contributed by atoms with Crippen molar-refractivity contribution in [1.82, 2.24) is 4.90 Å². The number of hydrogen-bond donors (Lipinski definition) is 0. The maximum absolute atomic E-state index is 5.89. The molecule has 0 aliphatic carbocycles. The first-order chi connectivity index (χ1) is 17.1. The van der Waals surface area contributed by atoms with Crippen molar-refractivity contribution in [2.45, 2.75) is 26.4 Å². The van der Waals surface area contributed by atoms with Crippen molar-refractivity contribution in [2.24, 2.45) is 0 Å². The van der Waals surface area contributed by atoms with E-state index >= 15 is 0 Å². The summed E-state index contributed by atoms with van der Waals surface area (Å²) in [6, 6.07) is 18.3. The van der Waals surface area contributed by atoms with Gasteiger partial charge in [0.15, 0.2) is 23.0 Å². The zero-order valence-corrected chi connectivity index (χ0v) is 20.8. The van der Waals surface area contributed by atoms with Crippen LogP contribution in [0.2, 0.25) is 0 Å². The van der Waals surface area contributed by atoms with E-state index in [0.29, 0.717) is 30.4 Å². The highest BCUT2D eigenvalue weighted by Crippen LogP contribution is 2.39. The van der Waals surface area contributed by atoms with Gasteiger partial charge in [-0.1, -0.05) is 24.3 Å². The van der Waals surface area contributed by atoms with E-state index in [1.807, 2.05) is 43.3 Å². The van der Waals surface area contributed by atoms with Crippen LogP contribution >= 0.6 is 0 Å². The van der Waals surface area contributed by atoms with Gasteiger partial charge in [0, 0.05) is 25.2 Å². The zero-order chi connectivity index (χ0) is 24.6. The highest BCUT2D eigenvalue weighted by Gasteiger charge is 2.18. The summed E-state index contributed by atoms with van der Waals surface area (Å²) in [5, 5.41) is 0. The van der Waals surface area contributed by atoms with Gasteiger partial charge in [-0.05, 0) is 54.8 Å². The summed E-state index contributed by atoms with van der Waals surface area (Å²) in [7, 11) is 4.88. The third kappa shape index (κ3) is 5.92. The first-order valence-electron chi connectivity index (χ1n) is 11.8. The fourth-order valence-corrected chi connectivity index (χ4v) is 4.25. The summed E-state index contributed by atoms with van der Waals surface area (Å²) in [6.07, 6.45) is 0.859. The standard InChI is InChI=1S/C28H33NO6/c1-5-33-23-9-7-6-8-22(23)18-29(13-12-20-10-11-24-25(14-20)35-19-34-24)17-21-15-26(30-2)28(32-4)27(16-21)31-3/h6-11,14-16H,5,12-13,17-19H2,1-4H3. The molecule has 0 saturated heterocycles. The molecule has 0 spiro atoms. The maximum atomic E-state index is 5.89. The van der Waals surface area contributed by atoms with Crippen molar-refractivity contribution in [3.8, 4) is 34.5 Å². The predicted molar refractivity (Wildman–Crippen MR) is 134 cm³/mol. The van der Waals surface area contributed by atoms with Gasteiger partial charge in [0.05, 0.1) is 27.9 Å². The number of ether oxygens (including phenoxy) is 6. The molecule has 0 N–H and O–H groups in total. The van der Waals surface area contributed by atoms with Crippen molar-refractivity contribution in [3.05, 3.63) is 71.3 Å². The molecule has 0 bridgehead atoms. The summed E-state index contributed by atoms with van der Waals surface area (Å²) in [4.78, 5) is 2.39. The molecule has 0 atom stereocenters. The van der Waals surface area contributed by atoms with Gasteiger partial charge >= 0.3 is 0 Å². The molecule has 0 unspecified atom stereocenters. The van der Waals surface area contributed by atoms with Crippen LogP contribution in [0.5, 0.6) is 34.5 Å². The van der Waals surface area contributed by atoms with Gasteiger partial charge in [-0.15, -0.1) is 0 Å². The van der Waals surface area contributed by atoms with E-state index in [2.05, 4.69) is 23.1 Å². The molecule has 3 aromatic carbocycles. The van der Waals surface area contributed by atoms with Crippen LogP contribution in [-0.4, -0.2) is 46.2 Å². The molecule has 0 aromatic heterocycles. The summed E-state index contributed by atoms with van der Waals surface area (Å²) < 4.78 is 33.5. The van der Waals surface area contributed by atoms with E-state index in [0.717, 1.165) is 47.9 Å². The van der Waals surface area contributed by atoms with Crippen LogP contribution in [0.1, 0.15) is 23.6 Å². The number of benzene rings is 3. The minimum atomic E-state index is 0.278. The van der Waals surface area contributed by atoms with E-state index < -0.39 is 0 Å². The molecule has 1 aliphatic rings. The van der Waals surface area contributed by atoms with Crippen LogP contribution in [0, 0.1) is 0 Å². The van der Waals surface area contributed by atoms with Crippen molar-refractivity contribution >= 4 is 0 Å². The molecule has 0 amide bonds. The number of rotatable bonds is 12. The number of fused-ring (bicyclic) bond motifs is 1. The Bertz CT molecular complexity index is 1110. The summed E-state index contributed by atoms with van der Waals surface area (Å²) in [5.41, 5.74) is 3.41. The first kappa shape index (κ1) is 24.5. The monoisotopic (exact) mass is 479 g/mol. The molecule has 186 valence electrons. The van der Waals surface area contributed by atoms with Crippen molar-refractivity contribution in [1.29, 1.82) is 0 Å². The van der Waals surface area contributed by atoms with E-state index in [-0.39, 0.29) is 6.79 Å². The largest absolute Gasteiger partial charge is 0.494 e. The molecule has 0 radical (unpaired) electrons. The highest BCUT2D eigenvalue weighted by atomic mass is 16.7. The lowest BCUT2D eigenvalue weighted by molar-refractivity contribution is 0.174. The van der Waals surface area contributed by atoms with Crippen LogP contribution in [0.4, 0.5) is 0 Å². The fraction of sp³-hybridized carbons (Fsp3) is 0.357. The van der Waals surface area contributed by atoms with Gasteiger partial charge in [0.2, 0.25) is 12.5 Å². The predicted octanol–water partition coefficient (Wildman–Crippen LogP) is 5.08. The summed E-state index contributed by atoms with van der Waals surface area (Å²) in [6.45, 7) is 5.17. The Hall–Kier alpha value is -3.58. The van der Waals surface area contributed by atoms with Crippen molar-refractivity contribution in [3.63, 3.8) is 0 Å². The molecular formula is C28H33NO6. The van der Waals surface area contributed by atoms with Crippen LogP contribution < -0.4 is 28.4 Å². The molecule has 7 heteroatoms. The fourth-order valence-electron chi connectivity index (χ4n) is 4.25. The number of para-hydroxylation sites is 1. The quantitative estimate of drug-likeness (QED) is 0.359. The molecular weight excluding hydrogens is 446 g/mol. The molecule has 3 aromatic rings. The lowest BCUT2D eigenvalue weighted by atomic mass is 10.1. The topological polar surface area (TPSA) is 58.6 Å². The van der Waals surface area contributed by atoms with Crippen LogP contribution in [0.15, 0.2) is 54.6 Å². The molecule has 4 rings (SSSR count). The van der Waals surface area contributed by atoms with Gasteiger partial charge < -0.3 is 28.4 Å². The van der Waals surface area contributed by atoms with Gasteiger partial charge in [0.25, 0.3) is 0 Å². The minimum absolute atomic E-state index is 0.278. The van der Waals surface area contributed by atoms with Gasteiger partial charge in [0.1, 0.15) is 5.75 Å². The van der Waals surface area contributed by atoms with Gasteiger partial charge in [-0.25, -0.2) is 0 Å². The average molecular weight is 480 g/mol. The Morgan fingerprint density at radius 1 is 0.771 bits per heavy atom. The zero-order valence-electron chi connectivity index (χ0n) is 20.8. The SMILES string of the molecule is CCOc1ccccc1CN(CCc1ccc2c(c1)OCO2)Cc1cc(OC)c(OC)c(OC)c1.